The number of sulfonamides is 1. The Bertz CT molecular complexity index is 633. The highest BCUT2D eigenvalue weighted by molar-refractivity contribution is 7.89. The average molecular weight is 285 g/mol. The summed E-state index contributed by atoms with van der Waals surface area (Å²) in [6.45, 7) is 0. The highest BCUT2D eigenvalue weighted by Crippen LogP contribution is 2.24. The zero-order chi connectivity index (χ0) is 14.8. The number of nitrogens with zero attached hydrogens (tertiary/aromatic N) is 2. The second-order valence-electron chi connectivity index (χ2n) is 3.96. The molecule has 1 aromatic carbocycles. The molecule has 0 aliphatic heterocycles. The predicted octanol–water partition coefficient (Wildman–Crippen LogP) is -1.19. The molecule has 1 aromatic rings. The van der Waals surface area contributed by atoms with Gasteiger partial charge in [0, 0.05) is 19.7 Å². The summed E-state index contributed by atoms with van der Waals surface area (Å²) in [6.07, 6.45) is 0. The zero-order valence-electron chi connectivity index (χ0n) is 10.5. The van der Waals surface area contributed by atoms with E-state index in [9.17, 15) is 13.2 Å². The standard InChI is InChI=1S/C10H15N5O3S/c1-15(2)7-4-3-6(9(16)14-10(11)12)5-8(7)19(13,17)18/h3-5H,1-2H3,(H2,13,17,18)(H4,11,12,14,16). The molecule has 1 rings (SSSR count). The largest absolute Gasteiger partial charge is 0.377 e. The maximum Gasteiger partial charge on any atom is 0.280 e. The fraction of sp³-hybridized carbons (Fsp3) is 0.200. The van der Waals surface area contributed by atoms with Crippen molar-refractivity contribution in [1.82, 2.24) is 0 Å². The second kappa shape index (κ2) is 5.24. The van der Waals surface area contributed by atoms with Crippen molar-refractivity contribution >= 4 is 27.6 Å². The number of aliphatic imine (C=N–C) groups is 1. The molecule has 0 saturated heterocycles. The Balaban J connectivity index is 3.43. The normalized spacial score (nSPS) is 10.9. The van der Waals surface area contributed by atoms with E-state index >= 15 is 0 Å². The second-order valence-corrected chi connectivity index (χ2v) is 5.49. The van der Waals surface area contributed by atoms with Gasteiger partial charge in [0.2, 0.25) is 10.0 Å². The molecule has 9 heteroatoms. The van der Waals surface area contributed by atoms with Crippen LogP contribution < -0.4 is 21.5 Å². The third kappa shape index (κ3) is 3.66. The summed E-state index contributed by atoms with van der Waals surface area (Å²) in [6, 6.07) is 4.01. The number of rotatable bonds is 3. The molecule has 19 heavy (non-hydrogen) atoms. The lowest BCUT2D eigenvalue weighted by Crippen LogP contribution is -2.24. The van der Waals surface area contributed by atoms with E-state index in [0.717, 1.165) is 6.07 Å². The Kier molecular flexibility index (Phi) is 4.12. The van der Waals surface area contributed by atoms with Gasteiger partial charge in [0.1, 0.15) is 4.90 Å². The van der Waals surface area contributed by atoms with Crippen LogP contribution in [0.1, 0.15) is 10.4 Å². The van der Waals surface area contributed by atoms with Gasteiger partial charge in [-0.2, -0.15) is 4.99 Å². The molecule has 0 spiro atoms. The molecule has 0 atom stereocenters. The molecule has 0 saturated carbocycles. The number of carbonyl (C=O) groups is 1. The van der Waals surface area contributed by atoms with Crippen LogP contribution >= 0.6 is 0 Å². The molecule has 0 aliphatic carbocycles. The number of amides is 1. The smallest absolute Gasteiger partial charge is 0.280 e. The van der Waals surface area contributed by atoms with Gasteiger partial charge in [-0.15, -0.1) is 0 Å². The number of primary sulfonamides is 1. The van der Waals surface area contributed by atoms with Crippen molar-refractivity contribution in [1.29, 1.82) is 0 Å². The number of carbonyl (C=O) groups excluding carboxylic acids is 1. The number of nitrogens with two attached hydrogens (primary N) is 3. The zero-order valence-corrected chi connectivity index (χ0v) is 11.3. The van der Waals surface area contributed by atoms with E-state index in [2.05, 4.69) is 4.99 Å². The van der Waals surface area contributed by atoms with Crippen LogP contribution in [0.5, 0.6) is 0 Å². The van der Waals surface area contributed by atoms with Crippen molar-refractivity contribution in [2.24, 2.45) is 21.6 Å². The van der Waals surface area contributed by atoms with Gasteiger partial charge in [0.05, 0.1) is 5.69 Å². The number of guanidine groups is 1. The van der Waals surface area contributed by atoms with Gasteiger partial charge in [-0.05, 0) is 18.2 Å². The Morgan fingerprint density at radius 3 is 2.26 bits per heavy atom. The fourth-order valence-corrected chi connectivity index (χ4v) is 2.26. The van der Waals surface area contributed by atoms with E-state index in [4.69, 9.17) is 16.6 Å². The molecule has 1 amide bonds. The van der Waals surface area contributed by atoms with Crippen LogP contribution in [-0.4, -0.2) is 34.4 Å². The molecule has 0 unspecified atom stereocenters. The van der Waals surface area contributed by atoms with Crippen molar-refractivity contribution in [3.8, 4) is 0 Å². The van der Waals surface area contributed by atoms with Crippen LogP contribution in [0.4, 0.5) is 5.69 Å². The summed E-state index contributed by atoms with van der Waals surface area (Å²) in [7, 11) is -0.659. The van der Waals surface area contributed by atoms with E-state index in [0.29, 0.717) is 5.69 Å². The van der Waals surface area contributed by atoms with Crippen LogP contribution in [0.3, 0.4) is 0 Å². The first-order chi connectivity index (χ1) is 8.62. The maximum absolute atomic E-state index is 11.6. The van der Waals surface area contributed by atoms with Crippen molar-refractivity contribution in [2.75, 3.05) is 19.0 Å². The van der Waals surface area contributed by atoms with Crippen LogP contribution in [0.2, 0.25) is 0 Å². The van der Waals surface area contributed by atoms with Gasteiger partial charge < -0.3 is 16.4 Å². The minimum Gasteiger partial charge on any atom is -0.377 e. The minimum absolute atomic E-state index is 0.0306. The Morgan fingerprint density at radius 1 is 1.26 bits per heavy atom. The first-order valence-electron chi connectivity index (χ1n) is 5.11. The van der Waals surface area contributed by atoms with Crippen molar-refractivity contribution in [3.63, 3.8) is 0 Å². The van der Waals surface area contributed by atoms with E-state index in [1.165, 1.54) is 12.1 Å². The summed E-state index contributed by atoms with van der Waals surface area (Å²) in [5.41, 5.74) is 10.6. The molecular weight excluding hydrogens is 270 g/mol. The summed E-state index contributed by atoms with van der Waals surface area (Å²) in [5.74, 6) is -1.14. The lowest BCUT2D eigenvalue weighted by atomic mass is 10.2. The van der Waals surface area contributed by atoms with Crippen molar-refractivity contribution < 1.29 is 13.2 Å². The SMILES string of the molecule is CN(C)c1ccc(C(=O)N=C(N)N)cc1S(N)(=O)=O. The number of hydrogen-bond acceptors (Lipinski definition) is 4. The van der Waals surface area contributed by atoms with Gasteiger partial charge in [-0.3, -0.25) is 4.79 Å². The van der Waals surface area contributed by atoms with E-state index < -0.39 is 21.9 Å². The number of anilines is 1. The van der Waals surface area contributed by atoms with E-state index in [1.54, 1.807) is 19.0 Å². The number of benzene rings is 1. The van der Waals surface area contributed by atoms with Crippen LogP contribution in [-0.2, 0) is 10.0 Å². The molecule has 0 radical (unpaired) electrons. The molecule has 104 valence electrons. The molecule has 0 bridgehead atoms. The first-order valence-corrected chi connectivity index (χ1v) is 6.65. The molecule has 0 aromatic heterocycles. The minimum atomic E-state index is -3.97. The Hall–Kier alpha value is -2.13. The average Bonchev–Trinajstić information content (AvgIpc) is 2.25. The lowest BCUT2D eigenvalue weighted by Gasteiger charge is -2.16. The molecular formula is C10H15N5O3S. The van der Waals surface area contributed by atoms with E-state index in [1.807, 2.05) is 0 Å². The molecule has 8 nitrogen and oxygen atoms in total. The summed E-state index contributed by atoms with van der Waals surface area (Å²) in [4.78, 5) is 16.3. The van der Waals surface area contributed by atoms with E-state index in [-0.39, 0.29) is 10.5 Å². The summed E-state index contributed by atoms with van der Waals surface area (Å²) < 4.78 is 23.0. The third-order valence-electron chi connectivity index (χ3n) is 2.23. The molecule has 0 heterocycles. The third-order valence-corrected chi connectivity index (χ3v) is 3.17. The van der Waals surface area contributed by atoms with Crippen LogP contribution in [0, 0.1) is 0 Å². The van der Waals surface area contributed by atoms with Gasteiger partial charge in [0.15, 0.2) is 5.96 Å². The van der Waals surface area contributed by atoms with Crippen LogP contribution in [0.15, 0.2) is 28.1 Å². The maximum atomic E-state index is 11.6. The molecule has 0 fully saturated rings. The lowest BCUT2D eigenvalue weighted by molar-refractivity contribution is 0.100. The highest BCUT2D eigenvalue weighted by Gasteiger charge is 2.18. The summed E-state index contributed by atoms with van der Waals surface area (Å²) >= 11 is 0. The van der Waals surface area contributed by atoms with Gasteiger partial charge >= 0.3 is 0 Å². The van der Waals surface area contributed by atoms with Crippen molar-refractivity contribution in [2.45, 2.75) is 4.90 Å². The van der Waals surface area contributed by atoms with Crippen LogP contribution in [0.25, 0.3) is 0 Å². The quantitative estimate of drug-likeness (QED) is 0.470. The number of hydrogen-bond donors (Lipinski definition) is 3. The monoisotopic (exact) mass is 285 g/mol. The van der Waals surface area contributed by atoms with Gasteiger partial charge in [0.25, 0.3) is 5.91 Å². The Morgan fingerprint density at radius 2 is 1.84 bits per heavy atom. The predicted molar refractivity (Wildman–Crippen MR) is 72.3 cm³/mol. The van der Waals surface area contributed by atoms with Crippen molar-refractivity contribution in [3.05, 3.63) is 23.8 Å². The summed E-state index contributed by atoms with van der Waals surface area (Å²) in [5, 5.41) is 5.11. The molecule has 0 aliphatic rings. The highest BCUT2D eigenvalue weighted by atomic mass is 32.2. The fourth-order valence-electron chi connectivity index (χ4n) is 1.43. The molecule has 6 N–H and O–H groups in total. The van der Waals surface area contributed by atoms with Gasteiger partial charge in [-0.25, -0.2) is 13.6 Å². The topological polar surface area (TPSA) is 145 Å². The Labute approximate surface area is 110 Å². The first kappa shape index (κ1) is 14.9. The van der Waals surface area contributed by atoms with Gasteiger partial charge in [-0.1, -0.05) is 0 Å².